The Kier molecular flexibility index (Phi) is 4.91. The standard InChI is InChI=1S/C36H31N/c1-24-12-14-25(15-13-24)16-17-26-18-21-35-31(22-26)30-9-5-7-11-34(30)37(35)27-19-20-29-28-8-4-6-10-32(28)36(2,3)33(29)23-27/h4-23,28,32H,1-3H3/b17-16+. The van der Waals surface area contributed by atoms with Gasteiger partial charge in [0.2, 0.25) is 0 Å². The van der Waals surface area contributed by atoms with Crippen LogP contribution in [0.1, 0.15) is 47.6 Å². The summed E-state index contributed by atoms with van der Waals surface area (Å²) in [5, 5.41) is 2.59. The largest absolute Gasteiger partial charge is 0.309 e. The molecule has 1 nitrogen and oxygen atoms in total. The number of nitrogens with zero attached hydrogens (tertiary/aromatic N) is 1. The molecule has 0 aliphatic heterocycles. The summed E-state index contributed by atoms with van der Waals surface area (Å²) in [5.74, 6) is 0.994. The zero-order valence-corrected chi connectivity index (χ0v) is 21.6. The summed E-state index contributed by atoms with van der Waals surface area (Å²) in [7, 11) is 0. The number of hydrogen-bond acceptors (Lipinski definition) is 0. The summed E-state index contributed by atoms with van der Waals surface area (Å²) < 4.78 is 2.45. The number of allylic oxidation sites excluding steroid dienone is 4. The van der Waals surface area contributed by atoms with Crippen molar-refractivity contribution in [2.45, 2.75) is 32.1 Å². The number of hydrogen-bond donors (Lipinski definition) is 0. The summed E-state index contributed by atoms with van der Waals surface area (Å²) >= 11 is 0. The molecule has 2 atom stereocenters. The second kappa shape index (κ2) is 8.21. The Labute approximate surface area is 219 Å². The topological polar surface area (TPSA) is 4.93 Å². The smallest absolute Gasteiger partial charge is 0.0541 e. The normalized spacial score (nSPS) is 19.6. The second-order valence-electron chi connectivity index (χ2n) is 11.2. The van der Waals surface area contributed by atoms with Crippen LogP contribution in [0.5, 0.6) is 0 Å². The monoisotopic (exact) mass is 477 g/mol. The number of benzene rings is 4. The van der Waals surface area contributed by atoms with Gasteiger partial charge in [-0.1, -0.05) is 110 Å². The van der Waals surface area contributed by atoms with Crippen LogP contribution < -0.4 is 0 Å². The van der Waals surface area contributed by atoms with Crippen LogP contribution in [0.3, 0.4) is 0 Å². The van der Waals surface area contributed by atoms with Gasteiger partial charge < -0.3 is 4.57 Å². The summed E-state index contributed by atoms with van der Waals surface area (Å²) in [4.78, 5) is 0. The van der Waals surface area contributed by atoms with E-state index in [0.29, 0.717) is 11.8 Å². The molecular formula is C36H31N. The third-order valence-corrected chi connectivity index (χ3v) is 8.56. The van der Waals surface area contributed by atoms with Crippen LogP contribution in [0.25, 0.3) is 39.6 Å². The lowest BCUT2D eigenvalue weighted by Gasteiger charge is -2.29. The molecule has 0 N–H and O–H groups in total. The first-order valence-corrected chi connectivity index (χ1v) is 13.3. The fraction of sp³-hybridized carbons (Fsp3) is 0.167. The molecule has 1 aromatic heterocycles. The number of aromatic nitrogens is 1. The molecule has 0 radical (unpaired) electrons. The summed E-state index contributed by atoms with van der Waals surface area (Å²) in [5.41, 5.74) is 10.5. The Morgan fingerprint density at radius 2 is 1.43 bits per heavy atom. The Hall–Kier alpha value is -4.10. The molecule has 0 fully saturated rings. The van der Waals surface area contributed by atoms with E-state index in [1.165, 1.54) is 55.3 Å². The molecule has 7 rings (SSSR count). The molecule has 0 amide bonds. The third-order valence-electron chi connectivity index (χ3n) is 8.56. The molecule has 2 aliphatic rings. The molecular weight excluding hydrogens is 446 g/mol. The molecule has 0 saturated carbocycles. The number of fused-ring (bicyclic) bond motifs is 6. The van der Waals surface area contributed by atoms with Crippen molar-refractivity contribution in [3.8, 4) is 5.69 Å². The van der Waals surface area contributed by atoms with Gasteiger partial charge in [0.1, 0.15) is 0 Å². The lowest BCUT2D eigenvalue weighted by Crippen LogP contribution is -2.24. The van der Waals surface area contributed by atoms with Crippen molar-refractivity contribution in [3.63, 3.8) is 0 Å². The van der Waals surface area contributed by atoms with Crippen LogP contribution in [0.15, 0.2) is 109 Å². The molecule has 0 spiro atoms. The minimum atomic E-state index is 0.101. The molecule has 2 unspecified atom stereocenters. The van der Waals surface area contributed by atoms with Crippen LogP contribution in [-0.2, 0) is 5.41 Å². The van der Waals surface area contributed by atoms with E-state index in [-0.39, 0.29) is 5.41 Å². The molecule has 0 saturated heterocycles. The lowest BCUT2D eigenvalue weighted by molar-refractivity contribution is 0.394. The fourth-order valence-corrected chi connectivity index (χ4v) is 6.55. The zero-order chi connectivity index (χ0) is 25.1. The first-order valence-electron chi connectivity index (χ1n) is 13.3. The highest BCUT2D eigenvalue weighted by molar-refractivity contribution is 6.10. The minimum Gasteiger partial charge on any atom is -0.309 e. The van der Waals surface area contributed by atoms with Gasteiger partial charge in [0.15, 0.2) is 0 Å². The highest BCUT2D eigenvalue weighted by atomic mass is 15.0. The van der Waals surface area contributed by atoms with Gasteiger partial charge in [-0.2, -0.15) is 0 Å². The van der Waals surface area contributed by atoms with Gasteiger partial charge in [-0.05, 0) is 70.8 Å². The number of aryl methyl sites for hydroxylation is 1. The van der Waals surface area contributed by atoms with Crippen LogP contribution >= 0.6 is 0 Å². The second-order valence-corrected chi connectivity index (χ2v) is 11.2. The first-order chi connectivity index (χ1) is 18.0. The van der Waals surface area contributed by atoms with Crippen molar-refractivity contribution in [3.05, 3.63) is 137 Å². The van der Waals surface area contributed by atoms with Crippen molar-refractivity contribution in [2.24, 2.45) is 5.92 Å². The van der Waals surface area contributed by atoms with Crippen molar-refractivity contribution in [2.75, 3.05) is 0 Å². The molecule has 180 valence electrons. The van der Waals surface area contributed by atoms with Gasteiger partial charge in [0.25, 0.3) is 0 Å². The Morgan fingerprint density at radius 1 is 0.703 bits per heavy atom. The third kappa shape index (κ3) is 3.45. The quantitative estimate of drug-likeness (QED) is 0.228. The lowest BCUT2D eigenvalue weighted by atomic mass is 9.74. The number of rotatable bonds is 3. The van der Waals surface area contributed by atoms with Gasteiger partial charge >= 0.3 is 0 Å². The van der Waals surface area contributed by atoms with Crippen LogP contribution in [0.4, 0.5) is 0 Å². The maximum Gasteiger partial charge on any atom is 0.0541 e. The van der Waals surface area contributed by atoms with E-state index in [0.717, 1.165) is 0 Å². The highest BCUT2D eigenvalue weighted by Crippen LogP contribution is 2.53. The highest BCUT2D eigenvalue weighted by Gasteiger charge is 2.44. The van der Waals surface area contributed by atoms with Gasteiger partial charge in [-0.25, -0.2) is 0 Å². The van der Waals surface area contributed by atoms with Gasteiger partial charge in [0.05, 0.1) is 11.0 Å². The van der Waals surface area contributed by atoms with E-state index in [4.69, 9.17) is 0 Å². The SMILES string of the molecule is Cc1ccc(/C=C/c2ccc3c(c2)c2ccccc2n3-c2ccc3c(c2)C(C)(C)C2C=CC=CC32)cc1. The maximum absolute atomic E-state index is 2.45. The van der Waals surface area contributed by atoms with E-state index < -0.39 is 0 Å². The molecule has 37 heavy (non-hydrogen) atoms. The maximum atomic E-state index is 2.45. The molecule has 5 aromatic rings. The molecule has 0 bridgehead atoms. The van der Waals surface area contributed by atoms with Gasteiger partial charge in [-0.15, -0.1) is 0 Å². The summed E-state index contributed by atoms with van der Waals surface area (Å²) in [6, 6.07) is 31.5. The van der Waals surface area contributed by atoms with E-state index >= 15 is 0 Å². The average molecular weight is 478 g/mol. The molecule has 1 heteroatoms. The zero-order valence-electron chi connectivity index (χ0n) is 21.6. The van der Waals surface area contributed by atoms with E-state index in [2.05, 4.69) is 147 Å². The molecule has 1 heterocycles. The molecule has 2 aliphatic carbocycles. The van der Waals surface area contributed by atoms with Crippen LogP contribution in [0, 0.1) is 12.8 Å². The van der Waals surface area contributed by atoms with Crippen molar-refractivity contribution >= 4 is 34.0 Å². The van der Waals surface area contributed by atoms with Crippen molar-refractivity contribution < 1.29 is 0 Å². The van der Waals surface area contributed by atoms with Crippen molar-refractivity contribution in [1.82, 2.24) is 4.57 Å². The summed E-state index contributed by atoms with van der Waals surface area (Å²) in [6.45, 7) is 6.94. The Bertz CT molecular complexity index is 1750. The fourth-order valence-electron chi connectivity index (χ4n) is 6.55. The molecule has 4 aromatic carbocycles. The van der Waals surface area contributed by atoms with E-state index in [1.54, 1.807) is 0 Å². The minimum absolute atomic E-state index is 0.101. The van der Waals surface area contributed by atoms with Crippen molar-refractivity contribution in [1.29, 1.82) is 0 Å². The Morgan fingerprint density at radius 3 is 2.30 bits per heavy atom. The van der Waals surface area contributed by atoms with Crippen LogP contribution in [-0.4, -0.2) is 4.57 Å². The predicted molar refractivity (Wildman–Crippen MR) is 158 cm³/mol. The number of para-hydroxylation sites is 1. The van der Waals surface area contributed by atoms with Gasteiger partial charge in [0, 0.05) is 22.4 Å². The predicted octanol–water partition coefficient (Wildman–Crippen LogP) is 9.38. The van der Waals surface area contributed by atoms with E-state index in [9.17, 15) is 0 Å². The van der Waals surface area contributed by atoms with E-state index in [1.807, 2.05) is 0 Å². The average Bonchev–Trinajstić information content (AvgIpc) is 3.37. The van der Waals surface area contributed by atoms with Crippen LogP contribution in [0.2, 0.25) is 0 Å². The summed E-state index contributed by atoms with van der Waals surface area (Å²) in [6.07, 6.45) is 13.6. The Balaban J connectivity index is 1.37. The first kappa shape index (κ1) is 22.1. The van der Waals surface area contributed by atoms with Gasteiger partial charge in [-0.3, -0.25) is 0 Å².